The summed E-state index contributed by atoms with van der Waals surface area (Å²) < 4.78 is 0. The molecule has 0 aromatic carbocycles. The minimum Gasteiger partial charge on any atom is -0.667 e. The molecule has 23 heteroatoms. The molecule has 242 valence electrons. The van der Waals surface area contributed by atoms with Crippen molar-refractivity contribution in [3.05, 3.63) is 76.5 Å². The van der Waals surface area contributed by atoms with Crippen LogP contribution in [0.25, 0.3) is 11.5 Å². The van der Waals surface area contributed by atoms with Gasteiger partial charge in [0.2, 0.25) is 0 Å². The number of nitrogens with one attached hydrogen (secondary N) is 2. The summed E-state index contributed by atoms with van der Waals surface area (Å²) in [5, 5.41) is 52.7. The van der Waals surface area contributed by atoms with Crippen LogP contribution >= 0.6 is 0 Å². The number of aliphatic hydroxyl groups is 1. The van der Waals surface area contributed by atoms with Crippen molar-refractivity contribution in [3.63, 3.8) is 0 Å². The summed E-state index contributed by atoms with van der Waals surface area (Å²) in [7, 11) is 0. The number of amides is 2. The van der Waals surface area contributed by atoms with E-state index in [2.05, 4.69) is 6.92 Å². The van der Waals surface area contributed by atoms with Crippen molar-refractivity contribution in [2.24, 2.45) is 10.8 Å². The molecular formula is C15H41N9O12Pt2-4. The van der Waals surface area contributed by atoms with E-state index in [4.69, 9.17) is 62.5 Å². The van der Waals surface area contributed by atoms with Crippen LogP contribution in [0, 0.1) is 63.7 Å². The number of hydrogen-bond acceptors (Lipinski definition) is 16. The molecule has 0 aliphatic carbocycles. The molecule has 0 saturated carbocycles. The van der Waals surface area contributed by atoms with Crippen molar-refractivity contribution < 1.29 is 72.1 Å². The fourth-order valence-electron chi connectivity index (χ4n) is 0.197. The predicted molar refractivity (Wildman–Crippen MR) is 135 cm³/mol. The van der Waals surface area contributed by atoms with Gasteiger partial charge in [0.05, 0.1) is 27.1 Å². The normalized spacial score (nSPS) is 8.53. The number of aliphatic hydroxyl groups excluding tert-OH is 1. The second kappa shape index (κ2) is 44.3. The van der Waals surface area contributed by atoms with E-state index in [0.29, 0.717) is 0 Å². The van der Waals surface area contributed by atoms with Crippen molar-refractivity contribution >= 4 is 11.8 Å². The van der Waals surface area contributed by atoms with Crippen LogP contribution in [0.15, 0.2) is 12.2 Å². The molecule has 21 nitrogen and oxygen atoms in total. The molecule has 0 aliphatic heterocycles. The fraction of sp³-hybridized carbons (Fsp3) is 0.667. The molecular weight excluding hydrogens is 888 g/mol. The first-order valence-corrected chi connectivity index (χ1v) is 7.96. The zero-order chi connectivity index (χ0) is 27.9. The Morgan fingerprint density at radius 1 is 0.737 bits per heavy atom. The quantitative estimate of drug-likeness (QED) is 0.141. The van der Waals surface area contributed by atoms with Crippen LogP contribution in [0.3, 0.4) is 0 Å². The molecule has 2 amide bonds. The van der Waals surface area contributed by atoms with Gasteiger partial charge in [-0.3, -0.25) is 0 Å². The number of carbonyl (C=O) groups excluding carboxylic acids is 2. The van der Waals surface area contributed by atoms with Crippen molar-refractivity contribution in [3.8, 4) is 0 Å². The Balaban J connectivity index is -0.0000000210. The van der Waals surface area contributed by atoms with Crippen LogP contribution in [0.2, 0.25) is 0 Å². The largest absolute Gasteiger partial charge is 2.00 e. The smallest absolute Gasteiger partial charge is 0.667 e. The Morgan fingerprint density at radius 3 is 0.842 bits per heavy atom. The third-order valence-electron chi connectivity index (χ3n) is 1.78. The number of allylic oxidation sites excluding steroid dienone is 1. The maximum atomic E-state index is 10.1. The molecule has 0 bridgehead atoms. The van der Waals surface area contributed by atoms with Crippen molar-refractivity contribution in [1.29, 1.82) is 0 Å². The number of nitrogens with zero attached hydrogens (tertiary/aromatic N) is 3. The summed E-state index contributed by atoms with van der Waals surface area (Å²) >= 11 is 0. The van der Waals surface area contributed by atoms with Gasteiger partial charge in [0.1, 0.15) is 0 Å². The molecule has 0 rings (SSSR count). The Kier molecular flexibility index (Phi) is 89.2. The van der Waals surface area contributed by atoms with E-state index in [1.54, 1.807) is 60.6 Å². The zero-order valence-corrected chi connectivity index (χ0v) is 26.7. The Hall–Kier alpha value is -2.67. The number of carbonyl (C=O) groups is 2. The molecule has 0 aromatic rings. The average Bonchev–Trinajstić information content (AvgIpc) is 2.44. The van der Waals surface area contributed by atoms with E-state index in [1.165, 1.54) is 0 Å². The molecule has 1 unspecified atom stereocenters. The van der Waals surface area contributed by atoms with Crippen LogP contribution in [0.1, 0.15) is 48.5 Å². The minimum absolute atomic E-state index is 0. The number of hydrogen-bond donors (Lipinski definition) is 5. The van der Waals surface area contributed by atoms with E-state index in [-0.39, 0.29) is 72.8 Å². The van der Waals surface area contributed by atoms with Crippen molar-refractivity contribution in [2.45, 2.75) is 54.6 Å². The van der Waals surface area contributed by atoms with Gasteiger partial charge in [-0.2, -0.15) is 0 Å². The molecule has 0 aromatic heterocycles. The van der Waals surface area contributed by atoms with E-state index in [1.807, 2.05) is 0 Å². The molecule has 0 saturated heterocycles. The van der Waals surface area contributed by atoms with Gasteiger partial charge in [0.15, 0.2) is 0 Å². The Labute approximate surface area is 250 Å². The van der Waals surface area contributed by atoms with Crippen LogP contribution in [-0.4, -0.2) is 38.3 Å². The summed E-state index contributed by atoms with van der Waals surface area (Å²) in [6, 6.07) is 0. The van der Waals surface area contributed by atoms with Crippen molar-refractivity contribution in [2.75, 3.05) is 0 Å². The van der Waals surface area contributed by atoms with Gasteiger partial charge in [0, 0.05) is 38.0 Å². The summed E-state index contributed by atoms with van der Waals surface area (Å²) in [4.78, 5) is 45.0. The molecule has 0 fully saturated rings. The third-order valence-corrected chi connectivity index (χ3v) is 1.78. The Morgan fingerprint density at radius 2 is 0.842 bits per heavy atom. The fourth-order valence-corrected chi connectivity index (χ4v) is 0.197. The van der Waals surface area contributed by atoms with Gasteiger partial charge in [-0.1, -0.05) is 48.5 Å². The molecule has 38 heavy (non-hydrogen) atoms. The van der Waals surface area contributed by atoms with E-state index in [0.717, 1.165) is 0 Å². The number of rotatable bonds is 1. The van der Waals surface area contributed by atoms with Crippen LogP contribution in [0.5, 0.6) is 0 Å². The van der Waals surface area contributed by atoms with Crippen LogP contribution < -0.4 is 24.6 Å². The Bertz CT molecular complexity index is 522. The van der Waals surface area contributed by atoms with Crippen molar-refractivity contribution in [1.82, 2.24) is 24.6 Å². The first kappa shape index (κ1) is 76.5. The van der Waals surface area contributed by atoms with E-state index < -0.39 is 37.9 Å². The maximum absolute atomic E-state index is 10.1. The standard InChI is InChI=1S/2C5H11NO.C5H9O.3NO3.4H3N.2Pt/c2*1-5(2,3)4(6)7;1-3-4-5(2)6;3*2-1(3)4;;;;;;/h2*1-3H3,(H2,6,7);3-6H,1H2,2H3;;;;4*1H3;;/q;;4*-1;;;;;;+2/p-2/b;;4-3+;;;;;;;;;. The topological polar surface area (TPSA) is 441 Å². The monoisotopic (exact) mass is 929 g/mol. The summed E-state index contributed by atoms with van der Waals surface area (Å²) in [6.45, 7) is 15.4. The van der Waals surface area contributed by atoms with Crippen LogP contribution in [-0.2, 0) is 51.7 Å². The molecule has 15 N–H and O–H groups in total. The molecule has 1 atom stereocenters. The van der Waals surface area contributed by atoms with E-state index in [9.17, 15) is 9.59 Å². The SMILES string of the molecule is CC(C)(C)C([NH-])=O.CC(C)(C)C([NH-])=O.N.N.N.N.O=[N+]([O-])[O-].O=[N+]([O-])[O-].O=[N+]([O-])[O-].[CH2-]/C=C/C(C)O.[Pt+2].[Pt]. The molecule has 0 radical (unpaired) electrons. The molecule has 0 spiro atoms. The van der Waals surface area contributed by atoms with E-state index >= 15 is 0 Å². The van der Waals surface area contributed by atoms with Gasteiger partial charge in [-0.05, 0) is 0 Å². The van der Waals surface area contributed by atoms with Crippen LogP contribution in [0.4, 0.5) is 0 Å². The van der Waals surface area contributed by atoms with Gasteiger partial charge in [-0.15, -0.1) is 0 Å². The van der Waals surface area contributed by atoms with Gasteiger partial charge >= 0.3 is 21.1 Å². The summed E-state index contributed by atoms with van der Waals surface area (Å²) in [6.07, 6.45) is 2.84. The third kappa shape index (κ3) is 229. The predicted octanol–water partition coefficient (Wildman–Crippen LogP) is 3.91. The zero-order valence-electron chi connectivity index (χ0n) is 22.2. The molecule has 0 heterocycles. The first-order chi connectivity index (χ1) is 13.9. The van der Waals surface area contributed by atoms with Gasteiger partial charge < -0.3 is 96.7 Å². The maximum Gasteiger partial charge on any atom is 2.00 e. The average molecular weight is 930 g/mol. The molecule has 0 aliphatic rings. The second-order valence-electron chi connectivity index (χ2n) is 7.00. The first-order valence-electron chi connectivity index (χ1n) is 7.96. The summed E-state index contributed by atoms with van der Waals surface area (Å²) in [5.74, 6) is -1.01. The second-order valence-corrected chi connectivity index (χ2v) is 7.00. The summed E-state index contributed by atoms with van der Waals surface area (Å²) in [5.41, 5.74) is 12.2. The van der Waals surface area contributed by atoms with Gasteiger partial charge in [-0.25, -0.2) is 19.1 Å². The van der Waals surface area contributed by atoms with Gasteiger partial charge in [0.25, 0.3) is 0 Å². The minimum atomic E-state index is -1.75.